The Labute approximate surface area is 360 Å². The molecule has 0 bridgehead atoms. The molecule has 2 atom stereocenters. The number of nitrogens with zero attached hydrogens (tertiary/aromatic N) is 3. The molecule has 0 unspecified atom stereocenters. The molecule has 2 aromatic carbocycles. The van der Waals surface area contributed by atoms with E-state index in [2.05, 4.69) is 10.3 Å². The fraction of sp³-hybridized carbons (Fsp3) is 0.543. The lowest BCUT2D eigenvalue weighted by molar-refractivity contribution is -0.155. The third kappa shape index (κ3) is 14.8. The molecule has 332 valence electrons. The molecule has 1 N–H and O–H groups in total. The zero-order chi connectivity index (χ0) is 44.4. The van der Waals surface area contributed by atoms with Gasteiger partial charge in [-0.3, -0.25) is 23.6 Å². The lowest BCUT2D eigenvalue weighted by Gasteiger charge is -2.35. The molecule has 3 heterocycles. The van der Waals surface area contributed by atoms with Gasteiger partial charge in [0, 0.05) is 50.6 Å². The van der Waals surface area contributed by atoms with Crippen molar-refractivity contribution in [3.05, 3.63) is 78.1 Å². The summed E-state index contributed by atoms with van der Waals surface area (Å²) in [5, 5.41) is 3.10. The van der Waals surface area contributed by atoms with Crippen molar-refractivity contribution in [3.8, 4) is 16.9 Å². The van der Waals surface area contributed by atoms with Gasteiger partial charge in [-0.15, -0.1) is 0 Å². The van der Waals surface area contributed by atoms with Crippen LogP contribution >= 0.6 is 0 Å². The second-order valence-electron chi connectivity index (χ2n) is 17.9. The topological polar surface area (TPSA) is 171 Å². The minimum Gasteiger partial charge on any atom is -0.491 e. The van der Waals surface area contributed by atoms with E-state index in [4.69, 9.17) is 18.4 Å². The number of esters is 1. The van der Waals surface area contributed by atoms with Gasteiger partial charge in [-0.2, -0.15) is 8.42 Å². The molecule has 2 saturated heterocycles. The molecule has 0 aliphatic carbocycles. The Morgan fingerprint density at radius 2 is 1.49 bits per heavy atom. The number of pyridine rings is 1. The number of benzene rings is 2. The number of hydrogen-bond acceptors (Lipinski definition) is 11. The van der Waals surface area contributed by atoms with E-state index in [9.17, 15) is 27.6 Å². The smallest absolute Gasteiger partial charge is 0.410 e. The Kier molecular flexibility index (Phi) is 16.0. The van der Waals surface area contributed by atoms with E-state index in [-0.39, 0.29) is 42.4 Å². The van der Waals surface area contributed by atoms with Gasteiger partial charge < -0.3 is 29.3 Å². The molecular formula is C46H62N4O10S. The zero-order valence-electron chi connectivity index (χ0n) is 36.6. The summed E-state index contributed by atoms with van der Waals surface area (Å²) in [4.78, 5) is 61.0. The summed E-state index contributed by atoms with van der Waals surface area (Å²) < 4.78 is 47.0. The predicted molar refractivity (Wildman–Crippen MR) is 230 cm³/mol. The Morgan fingerprint density at radius 1 is 0.820 bits per heavy atom. The average molecular weight is 863 g/mol. The number of rotatable bonds is 15. The van der Waals surface area contributed by atoms with Crippen LogP contribution in [0.2, 0.25) is 0 Å². The first-order chi connectivity index (χ1) is 28.7. The highest BCUT2D eigenvalue weighted by Crippen LogP contribution is 2.29. The number of ether oxygens (including phenoxy) is 3. The number of carbonyl (C=O) groups is 4. The van der Waals surface area contributed by atoms with E-state index in [1.54, 1.807) is 67.2 Å². The van der Waals surface area contributed by atoms with Crippen molar-refractivity contribution in [2.75, 3.05) is 39.4 Å². The summed E-state index contributed by atoms with van der Waals surface area (Å²) in [7, 11) is -3.90. The number of aromatic nitrogens is 1. The number of amides is 3. The lowest BCUT2D eigenvalue weighted by atomic mass is 9.91. The Hall–Kier alpha value is -5.02. The van der Waals surface area contributed by atoms with E-state index in [0.29, 0.717) is 62.7 Å². The minimum atomic E-state index is -3.90. The van der Waals surface area contributed by atoms with Crippen LogP contribution in [0.5, 0.6) is 5.75 Å². The van der Waals surface area contributed by atoms with Crippen molar-refractivity contribution in [1.82, 2.24) is 20.1 Å². The van der Waals surface area contributed by atoms with Crippen LogP contribution < -0.4 is 10.1 Å². The fourth-order valence-corrected chi connectivity index (χ4v) is 8.24. The van der Waals surface area contributed by atoms with Crippen molar-refractivity contribution in [3.63, 3.8) is 0 Å². The molecule has 2 aliphatic rings. The maximum absolute atomic E-state index is 13.9. The van der Waals surface area contributed by atoms with Crippen LogP contribution in [0.25, 0.3) is 11.1 Å². The first-order valence-corrected chi connectivity index (χ1v) is 22.6. The quantitative estimate of drug-likeness (QED) is 0.0918. The van der Waals surface area contributed by atoms with E-state index < -0.39 is 39.2 Å². The van der Waals surface area contributed by atoms with Crippen molar-refractivity contribution >= 4 is 34.0 Å². The van der Waals surface area contributed by atoms with Crippen molar-refractivity contribution in [2.24, 2.45) is 11.8 Å². The van der Waals surface area contributed by atoms with Gasteiger partial charge in [0.15, 0.2) is 0 Å². The molecule has 2 aliphatic heterocycles. The monoisotopic (exact) mass is 862 g/mol. The number of aryl methyl sites for hydroxylation is 1. The molecule has 0 spiro atoms. The van der Waals surface area contributed by atoms with E-state index in [1.807, 2.05) is 45.9 Å². The first kappa shape index (κ1) is 47.0. The molecular weight excluding hydrogens is 801 g/mol. The van der Waals surface area contributed by atoms with Gasteiger partial charge in [-0.1, -0.05) is 29.8 Å². The van der Waals surface area contributed by atoms with Gasteiger partial charge in [-0.25, -0.2) is 4.79 Å². The Morgan fingerprint density at radius 3 is 2.15 bits per heavy atom. The van der Waals surface area contributed by atoms with Gasteiger partial charge in [0.1, 0.15) is 30.2 Å². The second kappa shape index (κ2) is 20.7. The van der Waals surface area contributed by atoms with Gasteiger partial charge in [0.25, 0.3) is 10.1 Å². The molecule has 14 nitrogen and oxygen atoms in total. The van der Waals surface area contributed by atoms with E-state index in [1.165, 1.54) is 12.1 Å². The Balaban J connectivity index is 1.17. The maximum Gasteiger partial charge on any atom is 0.410 e. The van der Waals surface area contributed by atoms with Crippen LogP contribution in [-0.2, 0) is 38.2 Å². The number of likely N-dealkylation sites (tertiary alicyclic amines) is 2. The van der Waals surface area contributed by atoms with Crippen LogP contribution in [0.1, 0.15) is 104 Å². The van der Waals surface area contributed by atoms with Gasteiger partial charge in [0.05, 0.1) is 23.3 Å². The van der Waals surface area contributed by atoms with Crippen molar-refractivity contribution < 1.29 is 46.0 Å². The van der Waals surface area contributed by atoms with E-state index in [0.717, 1.165) is 36.0 Å². The van der Waals surface area contributed by atoms with Crippen LogP contribution in [0.15, 0.2) is 71.9 Å². The minimum absolute atomic E-state index is 0.0125. The average Bonchev–Trinajstić information content (AvgIpc) is 3.20. The molecule has 2 fully saturated rings. The summed E-state index contributed by atoms with van der Waals surface area (Å²) >= 11 is 0. The predicted octanol–water partition coefficient (Wildman–Crippen LogP) is 7.40. The standard InChI is InChI=1S/C46H62N4O10S/c1-32-10-17-39(18-11-32)61(55,56)58-26-25-57-38-15-13-34(14-16-38)36-27-37(30-47-29-36)40(28-42(52)59-45(2,3)4)48-43(53)35-9-8-22-50(31-35)41(51)19-12-33-20-23-49(24-21-33)44(54)60-46(5,6)7/h10-11,13-18,27,29-30,33,35,40H,8-9,12,19-26,28,31H2,1-7H3,(H,48,53)/t35-,40+/m1/s1. The van der Waals surface area contributed by atoms with Gasteiger partial charge >= 0.3 is 12.1 Å². The molecule has 1 aromatic heterocycles. The SMILES string of the molecule is Cc1ccc(S(=O)(=O)OCCOc2ccc(-c3cncc([C@H](CC(=O)OC(C)(C)C)NC(=O)[C@@H]4CCCN(C(=O)CCC5CCN(C(=O)OC(C)(C)C)CC5)C4)c3)cc2)cc1. The summed E-state index contributed by atoms with van der Waals surface area (Å²) in [6.45, 7) is 14.7. The molecule has 5 rings (SSSR count). The molecule has 0 saturated carbocycles. The highest BCUT2D eigenvalue weighted by Gasteiger charge is 2.32. The summed E-state index contributed by atoms with van der Waals surface area (Å²) in [5.41, 5.74) is 1.83. The van der Waals surface area contributed by atoms with Crippen LogP contribution in [0.3, 0.4) is 0 Å². The largest absolute Gasteiger partial charge is 0.491 e. The summed E-state index contributed by atoms with van der Waals surface area (Å²) in [5.74, 6) is -0.308. The van der Waals surface area contributed by atoms with Gasteiger partial charge in [0.2, 0.25) is 11.8 Å². The van der Waals surface area contributed by atoms with Gasteiger partial charge in [-0.05, 0) is 128 Å². The molecule has 3 aromatic rings. The second-order valence-corrected chi connectivity index (χ2v) is 19.6. The van der Waals surface area contributed by atoms with Crippen LogP contribution in [0.4, 0.5) is 4.79 Å². The molecule has 0 radical (unpaired) electrons. The normalized spacial score (nSPS) is 17.0. The van der Waals surface area contributed by atoms with E-state index >= 15 is 0 Å². The Bertz CT molecular complexity index is 2070. The molecule has 61 heavy (non-hydrogen) atoms. The van der Waals surface area contributed by atoms with Crippen molar-refractivity contribution in [1.29, 1.82) is 0 Å². The molecule has 15 heteroatoms. The van der Waals surface area contributed by atoms with Crippen LogP contribution in [0, 0.1) is 18.8 Å². The summed E-state index contributed by atoms with van der Waals surface area (Å²) in [6.07, 6.45) is 6.91. The number of piperidine rings is 2. The van der Waals surface area contributed by atoms with Crippen molar-refractivity contribution in [2.45, 2.75) is 116 Å². The number of nitrogens with one attached hydrogen (secondary N) is 1. The number of hydrogen-bond donors (Lipinski definition) is 1. The highest BCUT2D eigenvalue weighted by molar-refractivity contribution is 7.86. The lowest BCUT2D eigenvalue weighted by Crippen LogP contribution is -2.46. The first-order valence-electron chi connectivity index (χ1n) is 21.2. The highest BCUT2D eigenvalue weighted by atomic mass is 32.2. The maximum atomic E-state index is 13.9. The van der Waals surface area contributed by atoms with Crippen LogP contribution in [-0.4, -0.2) is 97.7 Å². The fourth-order valence-electron chi connectivity index (χ4n) is 7.35. The third-order valence-corrected chi connectivity index (χ3v) is 11.9. The zero-order valence-corrected chi connectivity index (χ0v) is 37.4. The number of carbonyl (C=O) groups excluding carboxylic acids is 4. The third-order valence-electron chi connectivity index (χ3n) is 10.5. The summed E-state index contributed by atoms with van der Waals surface area (Å²) in [6, 6.07) is 14.7. The molecule has 3 amide bonds.